The second kappa shape index (κ2) is 9.81. The van der Waals surface area contributed by atoms with Crippen molar-refractivity contribution in [1.29, 1.82) is 0 Å². The van der Waals surface area contributed by atoms with Gasteiger partial charge >= 0.3 is 6.18 Å². The molecule has 0 aliphatic carbocycles. The molecule has 2 aliphatic rings. The molecular weight excluding hydrogens is 416 g/mol. The second-order valence-corrected chi connectivity index (χ2v) is 8.57. The van der Waals surface area contributed by atoms with Crippen LogP contribution in [0.4, 0.5) is 17.6 Å². The van der Waals surface area contributed by atoms with Gasteiger partial charge in [-0.2, -0.15) is 13.2 Å². The number of benzene rings is 1. The van der Waals surface area contributed by atoms with Crippen molar-refractivity contribution in [3.8, 4) is 0 Å². The molecule has 0 saturated carbocycles. The maximum absolute atomic E-state index is 15.4. The van der Waals surface area contributed by atoms with Crippen LogP contribution in [-0.4, -0.2) is 48.7 Å². The zero-order valence-electron chi connectivity index (χ0n) is 17.7. The van der Waals surface area contributed by atoms with E-state index in [-0.39, 0.29) is 18.6 Å². The van der Waals surface area contributed by atoms with E-state index in [1.165, 1.54) is 12.1 Å². The molecule has 10 heteroatoms. The molecule has 0 aromatic heterocycles. The first-order valence-corrected chi connectivity index (χ1v) is 10.6. The van der Waals surface area contributed by atoms with Crippen molar-refractivity contribution in [3.05, 3.63) is 35.4 Å². The summed E-state index contributed by atoms with van der Waals surface area (Å²) in [5.41, 5.74) is 5.43. The molecule has 1 amide bonds. The topological polar surface area (TPSA) is 79.6 Å². The number of nitrogens with one attached hydrogen (secondary N) is 2. The molecule has 3 rings (SSSR count). The van der Waals surface area contributed by atoms with Gasteiger partial charge in [-0.1, -0.05) is 26.0 Å². The van der Waals surface area contributed by atoms with Crippen molar-refractivity contribution in [1.82, 2.24) is 15.5 Å². The van der Waals surface area contributed by atoms with E-state index in [0.29, 0.717) is 24.9 Å². The average Bonchev–Trinajstić information content (AvgIpc) is 3.17. The number of carbonyl (C=O) groups excluding carboxylic acids is 1. The summed E-state index contributed by atoms with van der Waals surface area (Å²) >= 11 is 0. The number of hydrogen-bond acceptors (Lipinski definition) is 5. The lowest BCUT2D eigenvalue weighted by molar-refractivity contribution is -0.149. The molecular formula is C21H30F4N4O2. The fourth-order valence-electron chi connectivity index (χ4n) is 4.30. The van der Waals surface area contributed by atoms with Crippen LogP contribution < -0.4 is 16.4 Å². The second-order valence-electron chi connectivity index (χ2n) is 8.57. The molecule has 2 heterocycles. The summed E-state index contributed by atoms with van der Waals surface area (Å²) in [4.78, 5) is 13.7. The molecule has 1 aromatic rings. The number of nitrogens with zero attached hydrogens (tertiary/aromatic N) is 1. The number of nitrogens with two attached hydrogens (primary N) is 1. The molecule has 174 valence electrons. The first-order chi connectivity index (χ1) is 14.6. The number of ether oxygens (including phenoxy) is 1. The summed E-state index contributed by atoms with van der Waals surface area (Å²) in [5.74, 6) is -0.489. The number of hydrogen-bond donors (Lipinski definition) is 3. The summed E-state index contributed by atoms with van der Waals surface area (Å²) in [5, 5.41) is 5.97. The van der Waals surface area contributed by atoms with Crippen LogP contribution in [0.3, 0.4) is 0 Å². The maximum atomic E-state index is 15.4. The van der Waals surface area contributed by atoms with Crippen molar-refractivity contribution in [2.75, 3.05) is 13.2 Å². The summed E-state index contributed by atoms with van der Waals surface area (Å²) < 4.78 is 59.8. The molecule has 1 aromatic carbocycles. The number of likely N-dealkylation sites (tertiary alicyclic amines) is 1. The van der Waals surface area contributed by atoms with Crippen LogP contribution in [0.1, 0.15) is 50.3 Å². The third-order valence-corrected chi connectivity index (χ3v) is 5.79. The van der Waals surface area contributed by atoms with Gasteiger partial charge in [-0.3, -0.25) is 20.3 Å². The van der Waals surface area contributed by atoms with Crippen molar-refractivity contribution in [3.63, 3.8) is 0 Å². The number of halogens is 4. The van der Waals surface area contributed by atoms with Crippen LogP contribution in [0.15, 0.2) is 24.3 Å². The number of primary amides is 1. The Morgan fingerprint density at radius 1 is 1.26 bits per heavy atom. The standard InChI is InChI=1S/C21H30F4N4O2/c1-12(2)10-16(18(26)30)31-20-17(22)19(27-11-28-20)29-9-3-4-15(29)13-5-7-14(8-6-13)21(23,24)25/h5-8,12,15-17,19-20,27-28H,3-4,9-11H2,1-2H3,(H2,26,30)/t15-,16-,17?,19?,20?/m1/s1. The van der Waals surface area contributed by atoms with Gasteiger partial charge in [-0.15, -0.1) is 0 Å². The SMILES string of the molecule is CC(C)C[C@@H](OC1NCNC(N2CCC[C@@H]2c2ccc(C(F)(F)F)cc2)C1F)C(N)=O. The van der Waals surface area contributed by atoms with E-state index in [1.54, 1.807) is 0 Å². The van der Waals surface area contributed by atoms with E-state index in [4.69, 9.17) is 10.5 Å². The van der Waals surface area contributed by atoms with Crippen molar-refractivity contribution in [2.24, 2.45) is 11.7 Å². The minimum atomic E-state index is -4.40. The Labute approximate surface area is 179 Å². The monoisotopic (exact) mass is 446 g/mol. The highest BCUT2D eigenvalue weighted by molar-refractivity contribution is 5.78. The third-order valence-electron chi connectivity index (χ3n) is 5.79. The Bertz CT molecular complexity index is 744. The first-order valence-electron chi connectivity index (χ1n) is 10.6. The fourth-order valence-corrected chi connectivity index (χ4v) is 4.30. The largest absolute Gasteiger partial charge is 0.416 e. The quantitative estimate of drug-likeness (QED) is 0.562. The number of alkyl halides is 4. The van der Waals surface area contributed by atoms with Gasteiger partial charge in [0.2, 0.25) is 5.91 Å². The van der Waals surface area contributed by atoms with Crippen LogP contribution in [0.2, 0.25) is 0 Å². The first kappa shape index (κ1) is 23.9. The Balaban J connectivity index is 1.72. The molecule has 2 aliphatic heterocycles. The summed E-state index contributed by atoms with van der Waals surface area (Å²) in [7, 11) is 0. The number of amides is 1. The zero-order chi connectivity index (χ0) is 22.8. The molecule has 0 spiro atoms. The molecule has 0 bridgehead atoms. The van der Waals surface area contributed by atoms with Gasteiger partial charge in [0.05, 0.1) is 11.7 Å². The van der Waals surface area contributed by atoms with Crippen LogP contribution in [0, 0.1) is 5.92 Å². The van der Waals surface area contributed by atoms with Crippen LogP contribution >= 0.6 is 0 Å². The highest BCUT2D eigenvalue weighted by Gasteiger charge is 2.43. The minimum Gasteiger partial charge on any atom is -0.367 e. The lowest BCUT2D eigenvalue weighted by atomic mass is 10.0. The number of rotatable bonds is 7. The van der Waals surface area contributed by atoms with Gasteiger partial charge in [0, 0.05) is 19.3 Å². The van der Waals surface area contributed by atoms with Gasteiger partial charge in [-0.25, -0.2) is 4.39 Å². The number of carbonyl (C=O) groups is 1. The molecule has 2 saturated heterocycles. The normalized spacial score (nSPS) is 28.7. The van der Waals surface area contributed by atoms with Crippen molar-refractivity contribution < 1.29 is 27.1 Å². The predicted octanol–water partition coefficient (Wildman–Crippen LogP) is 2.90. The van der Waals surface area contributed by atoms with E-state index in [1.807, 2.05) is 18.7 Å². The molecule has 2 fully saturated rings. The molecule has 3 unspecified atom stereocenters. The highest BCUT2D eigenvalue weighted by Crippen LogP contribution is 2.37. The Morgan fingerprint density at radius 2 is 1.94 bits per heavy atom. The summed E-state index contributed by atoms with van der Waals surface area (Å²) in [6, 6.07) is 4.83. The van der Waals surface area contributed by atoms with E-state index in [0.717, 1.165) is 18.6 Å². The van der Waals surface area contributed by atoms with Gasteiger partial charge < -0.3 is 10.5 Å². The Kier molecular flexibility index (Phi) is 7.56. The average molecular weight is 446 g/mol. The van der Waals surface area contributed by atoms with E-state index in [9.17, 15) is 18.0 Å². The fraction of sp³-hybridized carbons (Fsp3) is 0.667. The van der Waals surface area contributed by atoms with E-state index in [2.05, 4.69) is 10.6 Å². The smallest absolute Gasteiger partial charge is 0.367 e. The third kappa shape index (κ3) is 5.74. The molecule has 31 heavy (non-hydrogen) atoms. The molecule has 0 radical (unpaired) electrons. The van der Waals surface area contributed by atoms with Crippen molar-refractivity contribution >= 4 is 5.91 Å². The highest BCUT2D eigenvalue weighted by atomic mass is 19.4. The summed E-state index contributed by atoms with van der Waals surface area (Å²) in [6.07, 6.45) is -6.62. The van der Waals surface area contributed by atoms with Gasteiger partial charge in [-0.05, 0) is 42.9 Å². The van der Waals surface area contributed by atoms with E-state index >= 15 is 4.39 Å². The maximum Gasteiger partial charge on any atom is 0.416 e. The lowest BCUT2D eigenvalue weighted by Gasteiger charge is -2.42. The van der Waals surface area contributed by atoms with Crippen LogP contribution in [0.5, 0.6) is 0 Å². The zero-order valence-corrected chi connectivity index (χ0v) is 17.7. The Hall–Kier alpha value is -1.75. The predicted molar refractivity (Wildman–Crippen MR) is 107 cm³/mol. The van der Waals surface area contributed by atoms with Crippen LogP contribution in [-0.2, 0) is 15.7 Å². The molecule has 4 N–H and O–H groups in total. The molecule has 6 nitrogen and oxygen atoms in total. The van der Waals surface area contributed by atoms with Crippen molar-refractivity contribution in [2.45, 2.75) is 70.0 Å². The van der Waals surface area contributed by atoms with E-state index < -0.39 is 42.3 Å². The Morgan fingerprint density at radius 3 is 2.52 bits per heavy atom. The van der Waals surface area contributed by atoms with Crippen LogP contribution in [0.25, 0.3) is 0 Å². The minimum absolute atomic E-state index is 0.149. The lowest BCUT2D eigenvalue weighted by Crippen LogP contribution is -2.66. The van der Waals surface area contributed by atoms with Gasteiger partial charge in [0.15, 0.2) is 6.17 Å². The summed E-state index contributed by atoms with van der Waals surface area (Å²) in [6.45, 7) is 4.70. The van der Waals surface area contributed by atoms with Gasteiger partial charge in [0.25, 0.3) is 0 Å². The molecule has 5 atom stereocenters. The van der Waals surface area contributed by atoms with Gasteiger partial charge in [0.1, 0.15) is 12.3 Å².